The van der Waals surface area contributed by atoms with Gasteiger partial charge in [-0.2, -0.15) is 0 Å². The van der Waals surface area contributed by atoms with Crippen molar-refractivity contribution in [1.29, 1.82) is 0 Å². The third-order valence-electron chi connectivity index (χ3n) is 3.13. The van der Waals surface area contributed by atoms with E-state index in [2.05, 4.69) is 34.8 Å². The molecule has 0 aromatic carbocycles. The summed E-state index contributed by atoms with van der Waals surface area (Å²) in [5.74, 6) is -0.0294. The summed E-state index contributed by atoms with van der Waals surface area (Å²) in [6.45, 7) is 5.32. The highest BCUT2D eigenvalue weighted by Crippen LogP contribution is 2.14. The Hall–Kier alpha value is -0.940. The summed E-state index contributed by atoms with van der Waals surface area (Å²) in [7, 11) is 1.65. The molecule has 0 radical (unpaired) electrons. The second kappa shape index (κ2) is 8.27. The minimum absolute atomic E-state index is 0.0294. The first-order valence-corrected chi connectivity index (χ1v) is 7.34. The standard InChI is InChI=1S/C14H21BrN2O2/c1-4-12(5-2)17(8-9-19-3)14(18)13-7-6-11(15)10-16-13/h6-7,10,12H,4-5,8-9H2,1-3H3. The Balaban J connectivity index is 2.89. The molecule has 1 aromatic heterocycles. The summed E-state index contributed by atoms with van der Waals surface area (Å²) in [4.78, 5) is 18.6. The lowest BCUT2D eigenvalue weighted by Crippen LogP contribution is -2.42. The number of halogens is 1. The highest BCUT2D eigenvalue weighted by Gasteiger charge is 2.22. The van der Waals surface area contributed by atoms with Crippen LogP contribution in [-0.2, 0) is 4.74 Å². The second-order valence-corrected chi connectivity index (χ2v) is 5.24. The number of amides is 1. The fourth-order valence-corrected chi connectivity index (χ4v) is 2.25. The van der Waals surface area contributed by atoms with E-state index in [-0.39, 0.29) is 11.9 Å². The maximum atomic E-state index is 12.5. The zero-order chi connectivity index (χ0) is 14.3. The Morgan fingerprint density at radius 1 is 1.42 bits per heavy atom. The molecule has 0 aliphatic rings. The SMILES string of the molecule is CCC(CC)N(CCOC)C(=O)c1ccc(Br)cn1. The van der Waals surface area contributed by atoms with Crippen molar-refractivity contribution in [2.45, 2.75) is 32.7 Å². The average Bonchev–Trinajstić information content (AvgIpc) is 2.43. The molecule has 0 spiro atoms. The van der Waals surface area contributed by atoms with E-state index in [0.717, 1.165) is 17.3 Å². The molecule has 0 aliphatic carbocycles. The van der Waals surface area contributed by atoms with Crippen molar-refractivity contribution < 1.29 is 9.53 Å². The number of ether oxygens (including phenoxy) is 1. The van der Waals surface area contributed by atoms with Gasteiger partial charge in [-0.25, -0.2) is 4.98 Å². The number of carbonyl (C=O) groups is 1. The number of hydrogen-bond acceptors (Lipinski definition) is 3. The van der Waals surface area contributed by atoms with Crippen LogP contribution in [0, 0.1) is 0 Å². The molecule has 0 saturated carbocycles. The van der Waals surface area contributed by atoms with Gasteiger partial charge in [0.1, 0.15) is 5.69 Å². The van der Waals surface area contributed by atoms with Gasteiger partial charge in [-0.05, 0) is 40.9 Å². The van der Waals surface area contributed by atoms with E-state index >= 15 is 0 Å². The summed E-state index contributed by atoms with van der Waals surface area (Å²) in [6.07, 6.45) is 3.51. The first-order valence-electron chi connectivity index (χ1n) is 6.55. The van der Waals surface area contributed by atoms with Crippen molar-refractivity contribution >= 4 is 21.8 Å². The Morgan fingerprint density at radius 2 is 2.11 bits per heavy atom. The zero-order valence-electron chi connectivity index (χ0n) is 11.7. The van der Waals surface area contributed by atoms with E-state index in [1.54, 1.807) is 19.4 Å². The highest BCUT2D eigenvalue weighted by molar-refractivity contribution is 9.10. The molecule has 0 fully saturated rings. The molecule has 0 atom stereocenters. The van der Waals surface area contributed by atoms with Gasteiger partial charge < -0.3 is 9.64 Å². The zero-order valence-corrected chi connectivity index (χ0v) is 13.3. The van der Waals surface area contributed by atoms with E-state index in [9.17, 15) is 4.79 Å². The van der Waals surface area contributed by atoms with Crippen LogP contribution in [0.3, 0.4) is 0 Å². The molecule has 0 aliphatic heterocycles. The molecule has 0 N–H and O–H groups in total. The number of rotatable bonds is 7. The van der Waals surface area contributed by atoms with Gasteiger partial charge in [-0.3, -0.25) is 4.79 Å². The van der Waals surface area contributed by atoms with Gasteiger partial charge in [0.25, 0.3) is 5.91 Å². The van der Waals surface area contributed by atoms with Crippen LogP contribution in [0.1, 0.15) is 37.2 Å². The topological polar surface area (TPSA) is 42.4 Å². The maximum Gasteiger partial charge on any atom is 0.272 e. The molecule has 1 aromatic rings. The predicted molar refractivity (Wildman–Crippen MR) is 79.2 cm³/mol. The summed E-state index contributed by atoms with van der Waals surface area (Å²) >= 11 is 3.32. The molecule has 5 heteroatoms. The van der Waals surface area contributed by atoms with Gasteiger partial charge in [-0.1, -0.05) is 13.8 Å². The van der Waals surface area contributed by atoms with E-state index < -0.39 is 0 Å². The monoisotopic (exact) mass is 328 g/mol. The summed E-state index contributed by atoms with van der Waals surface area (Å²) in [5, 5.41) is 0. The van der Waals surface area contributed by atoms with Crippen LogP contribution >= 0.6 is 15.9 Å². The van der Waals surface area contributed by atoms with Gasteiger partial charge in [0.15, 0.2) is 0 Å². The van der Waals surface area contributed by atoms with Crippen LogP contribution in [0.2, 0.25) is 0 Å². The van der Waals surface area contributed by atoms with Crippen LogP contribution in [0.5, 0.6) is 0 Å². The molecular weight excluding hydrogens is 308 g/mol. The summed E-state index contributed by atoms with van der Waals surface area (Å²) in [6, 6.07) is 3.81. The molecule has 0 unspecified atom stereocenters. The van der Waals surface area contributed by atoms with E-state index in [1.807, 2.05) is 11.0 Å². The van der Waals surface area contributed by atoms with Crippen LogP contribution in [0.25, 0.3) is 0 Å². The summed E-state index contributed by atoms with van der Waals surface area (Å²) in [5.41, 5.74) is 0.478. The first kappa shape index (κ1) is 16.1. The van der Waals surface area contributed by atoms with E-state index in [4.69, 9.17) is 4.74 Å². The Morgan fingerprint density at radius 3 is 2.58 bits per heavy atom. The molecular formula is C14H21BrN2O2. The van der Waals surface area contributed by atoms with Crippen molar-refractivity contribution in [2.75, 3.05) is 20.3 Å². The van der Waals surface area contributed by atoms with Crippen molar-refractivity contribution in [3.05, 3.63) is 28.5 Å². The van der Waals surface area contributed by atoms with Gasteiger partial charge in [0.05, 0.1) is 6.61 Å². The second-order valence-electron chi connectivity index (χ2n) is 4.32. The van der Waals surface area contributed by atoms with Crippen molar-refractivity contribution in [2.24, 2.45) is 0 Å². The Kier molecular flexibility index (Phi) is 7.02. The van der Waals surface area contributed by atoms with E-state index in [1.165, 1.54) is 0 Å². The number of hydrogen-bond donors (Lipinski definition) is 0. The molecule has 1 heterocycles. The van der Waals surface area contributed by atoms with E-state index in [0.29, 0.717) is 18.8 Å². The van der Waals surface area contributed by atoms with Crippen LogP contribution in [-0.4, -0.2) is 42.1 Å². The van der Waals surface area contributed by atoms with Crippen LogP contribution < -0.4 is 0 Å². The molecule has 1 amide bonds. The van der Waals surface area contributed by atoms with Crippen LogP contribution in [0.4, 0.5) is 0 Å². The van der Waals surface area contributed by atoms with Crippen molar-refractivity contribution in [1.82, 2.24) is 9.88 Å². The largest absolute Gasteiger partial charge is 0.383 e. The number of aromatic nitrogens is 1. The smallest absolute Gasteiger partial charge is 0.272 e. The fraction of sp³-hybridized carbons (Fsp3) is 0.571. The fourth-order valence-electron chi connectivity index (χ4n) is 2.02. The molecule has 0 bridgehead atoms. The number of carbonyl (C=O) groups excluding carboxylic acids is 1. The number of nitrogens with zero attached hydrogens (tertiary/aromatic N) is 2. The molecule has 4 nitrogen and oxygen atoms in total. The van der Waals surface area contributed by atoms with Gasteiger partial charge >= 0.3 is 0 Å². The third-order valence-corrected chi connectivity index (χ3v) is 3.60. The lowest BCUT2D eigenvalue weighted by atomic mass is 10.1. The quantitative estimate of drug-likeness (QED) is 0.772. The number of methoxy groups -OCH3 is 1. The highest BCUT2D eigenvalue weighted by atomic mass is 79.9. The molecule has 0 saturated heterocycles. The normalized spacial score (nSPS) is 10.8. The van der Waals surface area contributed by atoms with Gasteiger partial charge in [-0.15, -0.1) is 0 Å². The predicted octanol–water partition coefficient (Wildman–Crippen LogP) is 3.12. The minimum Gasteiger partial charge on any atom is -0.383 e. The minimum atomic E-state index is -0.0294. The third kappa shape index (κ3) is 4.58. The summed E-state index contributed by atoms with van der Waals surface area (Å²) < 4.78 is 5.97. The van der Waals surface area contributed by atoms with Gasteiger partial charge in [0, 0.05) is 30.4 Å². The van der Waals surface area contributed by atoms with Gasteiger partial charge in [0.2, 0.25) is 0 Å². The molecule has 106 valence electrons. The Bertz CT molecular complexity index is 391. The average molecular weight is 329 g/mol. The lowest BCUT2D eigenvalue weighted by Gasteiger charge is -2.30. The van der Waals surface area contributed by atoms with Crippen molar-refractivity contribution in [3.8, 4) is 0 Å². The maximum absolute atomic E-state index is 12.5. The van der Waals surface area contributed by atoms with Crippen molar-refractivity contribution in [3.63, 3.8) is 0 Å². The van der Waals surface area contributed by atoms with Crippen LogP contribution in [0.15, 0.2) is 22.8 Å². The first-order chi connectivity index (χ1) is 9.13. The molecule has 1 rings (SSSR count). The number of pyridine rings is 1. The Labute approximate surface area is 123 Å². The lowest BCUT2D eigenvalue weighted by molar-refractivity contribution is 0.0583. The molecule has 19 heavy (non-hydrogen) atoms.